The maximum absolute atomic E-state index is 13.6. The molecule has 0 spiro atoms. The molecule has 1 aromatic heterocycles. The van der Waals surface area contributed by atoms with E-state index in [1.54, 1.807) is 36.7 Å². The molecule has 6 nitrogen and oxygen atoms in total. The highest BCUT2D eigenvalue weighted by molar-refractivity contribution is 9.10. The van der Waals surface area contributed by atoms with Crippen LogP contribution in [0.15, 0.2) is 107 Å². The first-order valence-corrected chi connectivity index (χ1v) is 14.0. The number of hydrogen-bond acceptors (Lipinski definition) is 4. The lowest BCUT2D eigenvalue weighted by molar-refractivity contribution is 0.404. The van der Waals surface area contributed by atoms with Gasteiger partial charge in [-0.3, -0.25) is 4.98 Å². The molecule has 10 heteroatoms. The Labute approximate surface area is 229 Å². The molecule has 4 aromatic rings. The molecule has 0 bridgehead atoms. The van der Waals surface area contributed by atoms with Crippen LogP contribution in [0.5, 0.6) is 0 Å². The van der Waals surface area contributed by atoms with Gasteiger partial charge in [0.25, 0.3) is 0 Å². The van der Waals surface area contributed by atoms with Gasteiger partial charge in [0.2, 0.25) is 10.0 Å². The molecule has 0 unspecified atom stereocenters. The quantitative estimate of drug-likeness (QED) is 0.265. The predicted molar refractivity (Wildman–Crippen MR) is 151 cm³/mol. The summed E-state index contributed by atoms with van der Waals surface area (Å²) in [5.41, 5.74) is 3.58. The van der Waals surface area contributed by atoms with E-state index in [0.29, 0.717) is 30.4 Å². The molecule has 0 amide bonds. The summed E-state index contributed by atoms with van der Waals surface area (Å²) in [6.07, 6.45) is 3.47. The van der Waals surface area contributed by atoms with E-state index in [1.165, 1.54) is 24.3 Å². The zero-order valence-corrected chi connectivity index (χ0v) is 22.9. The normalized spacial score (nSPS) is 11.2. The Kier molecular flexibility index (Phi) is 8.65. The number of rotatable bonds is 8. The molecule has 0 atom stereocenters. The van der Waals surface area contributed by atoms with Crippen LogP contribution >= 0.6 is 28.1 Å². The van der Waals surface area contributed by atoms with Gasteiger partial charge in [-0.1, -0.05) is 46.3 Å². The minimum absolute atomic E-state index is 0.00533. The number of primary sulfonamides is 1. The van der Waals surface area contributed by atoms with Crippen molar-refractivity contribution in [1.29, 1.82) is 0 Å². The molecule has 0 saturated carbocycles. The Morgan fingerprint density at radius 1 is 0.865 bits per heavy atom. The maximum Gasteiger partial charge on any atom is 0.238 e. The van der Waals surface area contributed by atoms with Crippen LogP contribution in [0.25, 0.3) is 0 Å². The average Bonchev–Trinajstić information content (AvgIpc) is 2.89. The van der Waals surface area contributed by atoms with Gasteiger partial charge in [-0.05, 0) is 83.5 Å². The fraction of sp³-hybridized carbons (Fsp3) is 0.111. The Morgan fingerprint density at radius 3 is 2.11 bits per heavy atom. The number of nitrogens with two attached hydrogens (primary N) is 1. The van der Waals surface area contributed by atoms with Crippen LogP contribution in [-0.4, -0.2) is 23.4 Å². The molecule has 0 fully saturated rings. The second-order valence-corrected chi connectivity index (χ2v) is 11.1. The Morgan fingerprint density at radius 2 is 1.49 bits per heavy atom. The lowest BCUT2D eigenvalue weighted by Crippen LogP contribution is -2.42. The smallest absolute Gasteiger partial charge is 0.238 e. The molecule has 4 rings (SSSR count). The van der Waals surface area contributed by atoms with Crippen molar-refractivity contribution >= 4 is 49.0 Å². The average molecular weight is 600 g/mol. The van der Waals surface area contributed by atoms with Crippen LogP contribution < -0.4 is 10.0 Å². The van der Waals surface area contributed by atoms with E-state index >= 15 is 0 Å². The number of thiocarbonyl (C=S) groups is 1. The lowest BCUT2D eigenvalue weighted by Gasteiger charge is -2.34. The molecular weight excluding hydrogens is 575 g/mol. The van der Waals surface area contributed by atoms with E-state index in [4.69, 9.17) is 17.4 Å². The van der Waals surface area contributed by atoms with Crippen molar-refractivity contribution in [2.75, 3.05) is 4.90 Å². The van der Waals surface area contributed by atoms with E-state index in [0.717, 1.165) is 21.2 Å². The molecule has 37 heavy (non-hydrogen) atoms. The summed E-state index contributed by atoms with van der Waals surface area (Å²) >= 11 is 9.69. The summed E-state index contributed by atoms with van der Waals surface area (Å²) in [5, 5.41) is 5.81. The number of aromatic nitrogens is 1. The van der Waals surface area contributed by atoms with E-state index in [2.05, 4.69) is 25.8 Å². The van der Waals surface area contributed by atoms with Crippen LogP contribution in [-0.2, 0) is 29.7 Å². The second-order valence-electron chi connectivity index (χ2n) is 8.34. The van der Waals surface area contributed by atoms with Crippen molar-refractivity contribution in [2.45, 2.75) is 24.5 Å². The predicted octanol–water partition coefficient (Wildman–Crippen LogP) is 5.62. The first-order valence-electron chi connectivity index (χ1n) is 11.3. The van der Waals surface area contributed by atoms with Crippen molar-refractivity contribution in [3.63, 3.8) is 0 Å². The third kappa shape index (κ3) is 7.20. The molecule has 0 aliphatic rings. The third-order valence-electron chi connectivity index (χ3n) is 5.67. The number of sulfonamides is 1. The summed E-state index contributed by atoms with van der Waals surface area (Å²) in [4.78, 5) is 8.07. The van der Waals surface area contributed by atoms with Gasteiger partial charge in [-0.2, -0.15) is 0 Å². The number of benzene rings is 3. The molecule has 0 saturated heterocycles. The zero-order chi connectivity index (χ0) is 26.4. The summed E-state index contributed by atoms with van der Waals surface area (Å²) in [6.45, 7) is 1.37. The monoisotopic (exact) mass is 598 g/mol. The summed E-state index contributed by atoms with van der Waals surface area (Å²) in [7, 11) is -3.85. The van der Waals surface area contributed by atoms with Gasteiger partial charge in [-0.15, -0.1) is 0 Å². The minimum atomic E-state index is -3.85. The molecular formula is C27H24BrFN4O2S2. The molecule has 0 aliphatic heterocycles. The summed E-state index contributed by atoms with van der Waals surface area (Å²) in [6, 6.07) is 24.2. The summed E-state index contributed by atoms with van der Waals surface area (Å²) in [5.74, 6) is -0.330. The van der Waals surface area contributed by atoms with Crippen LogP contribution in [0.1, 0.15) is 16.7 Å². The SMILES string of the molecule is NS(=O)(=O)c1ccc(N(Cc2ccc(F)cc2)C(=S)N(Cc2ccncc2)Cc2ccccc2Br)cc1. The van der Waals surface area contributed by atoms with Crippen molar-refractivity contribution in [1.82, 2.24) is 9.88 Å². The maximum atomic E-state index is 13.6. The Bertz CT molecular complexity index is 1470. The first kappa shape index (κ1) is 26.9. The van der Waals surface area contributed by atoms with Crippen molar-refractivity contribution in [3.05, 3.63) is 124 Å². The van der Waals surface area contributed by atoms with Crippen molar-refractivity contribution < 1.29 is 12.8 Å². The van der Waals surface area contributed by atoms with Crippen LogP contribution in [0.4, 0.5) is 10.1 Å². The highest BCUT2D eigenvalue weighted by Gasteiger charge is 2.21. The van der Waals surface area contributed by atoms with E-state index < -0.39 is 10.0 Å². The van der Waals surface area contributed by atoms with E-state index in [-0.39, 0.29) is 10.7 Å². The Balaban J connectivity index is 1.73. The fourth-order valence-corrected chi connectivity index (χ4v) is 4.98. The highest BCUT2D eigenvalue weighted by atomic mass is 79.9. The molecule has 0 aliphatic carbocycles. The van der Waals surface area contributed by atoms with Crippen molar-refractivity contribution in [2.24, 2.45) is 5.14 Å². The van der Waals surface area contributed by atoms with Crippen LogP contribution in [0.3, 0.4) is 0 Å². The van der Waals surface area contributed by atoms with E-state index in [1.807, 2.05) is 41.3 Å². The van der Waals surface area contributed by atoms with Gasteiger partial charge in [0.1, 0.15) is 5.82 Å². The van der Waals surface area contributed by atoms with Crippen molar-refractivity contribution in [3.8, 4) is 0 Å². The topological polar surface area (TPSA) is 79.5 Å². The fourth-order valence-electron chi connectivity index (χ4n) is 3.76. The van der Waals surface area contributed by atoms with E-state index in [9.17, 15) is 12.8 Å². The van der Waals surface area contributed by atoms with Gasteiger partial charge in [0.05, 0.1) is 11.4 Å². The highest BCUT2D eigenvalue weighted by Crippen LogP contribution is 2.25. The van der Waals surface area contributed by atoms with Crippen LogP contribution in [0, 0.1) is 5.82 Å². The van der Waals surface area contributed by atoms with Gasteiger partial charge in [-0.25, -0.2) is 17.9 Å². The van der Waals surface area contributed by atoms with Crippen LogP contribution in [0.2, 0.25) is 0 Å². The minimum Gasteiger partial charge on any atom is -0.340 e. The lowest BCUT2D eigenvalue weighted by atomic mass is 10.1. The second kappa shape index (κ2) is 11.9. The summed E-state index contributed by atoms with van der Waals surface area (Å²) < 4.78 is 38.1. The first-order chi connectivity index (χ1) is 17.7. The number of pyridine rings is 1. The number of nitrogens with zero attached hydrogens (tertiary/aromatic N) is 3. The molecule has 190 valence electrons. The number of hydrogen-bond donors (Lipinski definition) is 1. The van der Waals surface area contributed by atoms with Gasteiger partial charge < -0.3 is 9.80 Å². The molecule has 3 aromatic carbocycles. The largest absolute Gasteiger partial charge is 0.340 e. The molecule has 1 heterocycles. The molecule has 2 N–H and O–H groups in total. The van der Waals surface area contributed by atoms with Gasteiger partial charge in [0, 0.05) is 35.6 Å². The number of halogens is 2. The third-order valence-corrected chi connectivity index (χ3v) is 7.86. The van der Waals surface area contributed by atoms with Gasteiger partial charge in [0.15, 0.2) is 5.11 Å². The Hall–Kier alpha value is -3.18. The van der Waals surface area contributed by atoms with Gasteiger partial charge >= 0.3 is 0 Å². The number of anilines is 1. The standard InChI is InChI=1S/C27H24BrFN4O2S2/c28-26-4-2-1-3-22(26)19-32(17-21-13-15-31-16-14-21)27(36)33(18-20-5-7-23(29)8-6-20)24-9-11-25(12-10-24)37(30,34)35/h1-16H,17-19H2,(H2,30,34,35). The molecule has 0 radical (unpaired) electrons. The zero-order valence-electron chi connectivity index (χ0n) is 19.7.